The summed E-state index contributed by atoms with van der Waals surface area (Å²) < 4.78 is 38.1. The molecule has 2 rings (SSSR count). The van der Waals surface area contributed by atoms with E-state index in [1.807, 2.05) is 0 Å². The van der Waals surface area contributed by atoms with E-state index < -0.39 is 29.1 Å². The number of hydrogen-bond acceptors (Lipinski definition) is 4. The van der Waals surface area contributed by atoms with Crippen LogP contribution in [0.25, 0.3) is 0 Å². The van der Waals surface area contributed by atoms with Crippen molar-refractivity contribution in [3.05, 3.63) is 53.6 Å². The van der Waals surface area contributed by atoms with Gasteiger partial charge in [-0.2, -0.15) is 0 Å². The van der Waals surface area contributed by atoms with Crippen molar-refractivity contribution in [3.8, 4) is 11.5 Å². The Labute approximate surface area is 155 Å². The molecule has 1 N–H and O–H groups in total. The highest BCUT2D eigenvalue weighted by molar-refractivity contribution is 5.95. The predicted molar refractivity (Wildman–Crippen MR) is 96.3 cm³/mol. The number of rotatable bonds is 7. The lowest BCUT2D eigenvalue weighted by molar-refractivity contribution is -0.116. The van der Waals surface area contributed by atoms with E-state index in [0.717, 1.165) is 17.0 Å². The predicted octanol–water partition coefficient (Wildman–Crippen LogP) is 2.76. The summed E-state index contributed by atoms with van der Waals surface area (Å²) in [5.41, 5.74) is -0.121. The third kappa shape index (κ3) is 4.72. The Morgan fingerprint density at radius 1 is 1.04 bits per heavy atom. The van der Waals surface area contributed by atoms with Gasteiger partial charge < -0.3 is 19.7 Å². The highest BCUT2D eigenvalue weighted by Crippen LogP contribution is 2.27. The fraction of sp³-hybridized carbons (Fsp3) is 0.263. The Bertz CT molecular complexity index is 822. The van der Waals surface area contributed by atoms with E-state index in [-0.39, 0.29) is 13.1 Å². The Balaban J connectivity index is 2.07. The SMILES string of the molecule is COc1ccc(C(=O)NCCN(C(C)=O)c2c(F)cccc2F)cc1OC. The minimum Gasteiger partial charge on any atom is -0.493 e. The smallest absolute Gasteiger partial charge is 0.251 e. The van der Waals surface area contributed by atoms with Gasteiger partial charge in [0, 0.05) is 25.6 Å². The molecule has 0 radical (unpaired) electrons. The van der Waals surface area contributed by atoms with Gasteiger partial charge >= 0.3 is 0 Å². The molecule has 0 heterocycles. The van der Waals surface area contributed by atoms with Crippen LogP contribution in [0, 0.1) is 11.6 Å². The minimum atomic E-state index is -0.851. The van der Waals surface area contributed by atoms with Gasteiger partial charge in [0.2, 0.25) is 5.91 Å². The molecule has 2 amide bonds. The van der Waals surface area contributed by atoms with Crippen LogP contribution in [-0.4, -0.2) is 39.1 Å². The maximum Gasteiger partial charge on any atom is 0.251 e. The Hall–Kier alpha value is -3.16. The summed E-state index contributed by atoms with van der Waals surface area (Å²) in [7, 11) is 2.93. The molecule has 0 unspecified atom stereocenters. The van der Waals surface area contributed by atoms with Gasteiger partial charge in [0.25, 0.3) is 5.91 Å². The van der Waals surface area contributed by atoms with Crippen molar-refractivity contribution in [3.63, 3.8) is 0 Å². The van der Waals surface area contributed by atoms with Crippen LogP contribution in [0.1, 0.15) is 17.3 Å². The molecule has 0 bridgehead atoms. The molecule has 2 aromatic carbocycles. The Morgan fingerprint density at radius 3 is 2.22 bits per heavy atom. The van der Waals surface area contributed by atoms with Crippen LogP contribution < -0.4 is 19.7 Å². The summed E-state index contributed by atoms with van der Waals surface area (Å²) in [6.07, 6.45) is 0. The van der Waals surface area contributed by atoms with Crippen molar-refractivity contribution in [2.45, 2.75) is 6.92 Å². The number of ether oxygens (including phenoxy) is 2. The first-order chi connectivity index (χ1) is 12.9. The third-order valence-corrected chi connectivity index (χ3v) is 3.85. The zero-order chi connectivity index (χ0) is 20.0. The molecule has 0 atom stereocenters. The highest BCUT2D eigenvalue weighted by atomic mass is 19.1. The van der Waals surface area contributed by atoms with Gasteiger partial charge in [0.05, 0.1) is 14.2 Å². The number of halogens is 2. The van der Waals surface area contributed by atoms with Crippen LogP contribution in [-0.2, 0) is 4.79 Å². The number of hydrogen-bond donors (Lipinski definition) is 1. The van der Waals surface area contributed by atoms with Crippen molar-refractivity contribution >= 4 is 17.5 Å². The summed E-state index contributed by atoms with van der Waals surface area (Å²) in [5, 5.41) is 2.61. The van der Waals surface area contributed by atoms with Gasteiger partial charge in [0.1, 0.15) is 17.3 Å². The summed E-state index contributed by atoms with van der Waals surface area (Å²) in [6, 6.07) is 7.99. The number of carbonyl (C=O) groups excluding carboxylic acids is 2. The lowest BCUT2D eigenvalue weighted by Crippen LogP contribution is -2.38. The number of nitrogens with one attached hydrogen (secondary N) is 1. The van der Waals surface area contributed by atoms with E-state index in [2.05, 4.69) is 5.32 Å². The molecule has 144 valence electrons. The fourth-order valence-corrected chi connectivity index (χ4v) is 2.53. The molecule has 0 aliphatic carbocycles. The standard InChI is InChI=1S/C19H20F2N2O4/c1-12(24)23(18-14(20)5-4-6-15(18)21)10-9-22-19(25)13-7-8-16(26-2)17(11-13)27-3/h4-8,11H,9-10H2,1-3H3,(H,22,25). The zero-order valence-corrected chi connectivity index (χ0v) is 15.2. The van der Waals surface area contributed by atoms with Gasteiger partial charge in [-0.05, 0) is 30.3 Å². The van der Waals surface area contributed by atoms with Crippen LogP contribution in [0.15, 0.2) is 36.4 Å². The van der Waals surface area contributed by atoms with Crippen LogP contribution >= 0.6 is 0 Å². The molecular weight excluding hydrogens is 358 g/mol. The first-order valence-electron chi connectivity index (χ1n) is 8.11. The van der Waals surface area contributed by atoms with E-state index in [0.29, 0.717) is 17.1 Å². The van der Waals surface area contributed by atoms with Crippen molar-refractivity contribution in [2.24, 2.45) is 0 Å². The average molecular weight is 378 g/mol. The Kier molecular flexibility index (Phi) is 6.70. The molecule has 0 fully saturated rings. The lowest BCUT2D eigenvalue weighted by atomic mass is 10.2. The van der Waals surface area contributed by atoms with Crippen LogP contribution in [0.5, 0.6) is 11.5 Å². The van der Waals surface area contributed by atoms with Crippen molar-refractivity contribution in [2.75, 3.05) is 32.2 Å². The van der Waals surface area contributed by atoms with Gasteiger partial charge in [-0.15, -0.1) is 0 Å². The molecular formula is C19H20F2N2O4. The first kappa shape index (κ1) is 20.2. The van der Waals surface area contributed by atoms with E-state index in [1.165, 1.54) is 33.3 Å². The summed E-state index contributed by atoms with van der Waals surface area (Å²) in [6.45, 7) is 1.11. The Morgan fingerprint density at radius 2 is 1.67 bits per heavy atom. The lowest BCUT2D eigenvalue weighted by Gasteiger charge is -2.22. The number of benzene rings is 2. The molecule has 2 aromatic rings. The number of anilines is 1. The number of nitrogens with zero attached hydrogens (tertiary/aromatic N) is 1. The summed E-state index contributed by atoms with van der Waals surface area (Å²) in [5.74, 6) is -1.79. The summed E-state index contributed by atoms with van der Waals surface area (Å²) >= 11 is 0. The van der Waals surface area contributed by atoms with Gasteiger partial charge in [-0.3, -0.25) is 9.59 Å². The van der Waals surface area contributed by atoms with Crippen LogP contribution in [0.3, 0.4) is 0 Å². The largest absolute Gasteiger partial charge is 0.493 e. The minimum absolute atomic E-state index is 0.000528. The van der Waals surface area contributed by atoms with Gasteiger partial charge in [-0.1, -0.05) is 6.07 Å². The quantitative estimate of drug-likeness (QED) is 0.805. The second-order valence-corrected chi connectivity index (χ2v) is 5.57. The molecule has 6 nitrogen and oxygen atoms in total. The van der Waals surface area contributed by atoms with Crippen molar-refractivity contribution < 1.29 is 27.8 Å². The second kappa shape index (κ2) is 8.98. The monoisotopic (exact) mass is 378 g/mol. The van der Waals surface area contributed by atoms with E-state index in [1.54, 1.807) is 12.1 Å². The third-order valence-electron chi connectivity index (χ3n) is 3.85. The van der Waals surface area contributed by atoms with Crippen molar-refractivity contribution in [1.82, 2.24) is 5.32 Å². The maximum atomic E-state index is 13.9. The van der Waals surface area contributed by atoms with Crippen LogP contribution in [0.2, 0.25) is 0 Å². The van der Waals surface area contributed by atoms with Gasteiger partial charge in [0.15, 0.2) is 11.5 Å². The summed E-state index contributed by atoms with van der Waals surface area (Å²) in [4.78, 5) is 25.0. The number of para-hydroxylation sites is 1. The molecule has 0 aliphatic heterocycles. The number of carbonyl (C=O) groups is 2. The van der Waals surface area contributed by atoms with Gasteiger partial charge in [-0.25, -0.2) is 8.78 Å². The zero-order valence-electron chi connectivity index (χ0n) is 15.2. The molecule has 8 heteroatoms. The van der Waals surface area contributed by atoms with Crippen molar-refractivity contribution in [1.29, 1.82) is 0 Å². The molecule has 27 heavy (non-hydrogen) atoms. The number of amides is 2. The topological polar surface area (TPSA) is 67.9 Å². The second-order valence-electron chi connectivity index (χ2n) is 5.57. The van der Waals surface area contributed by atoms with E-state index in [4.69, 9.17) is 9.47 Å². The van der Waals surface area contributed by atoms with Crippen LogP contribution in [0.4, 0.5) is 14.5 Å². The maximum absolute atomic E-state index is 13.9. The molecule has 0 saturated heterocycles. The number of methoxy groups -OCH3 is 2. The molecule has 0 saturated carbocycles. The fourth-order valence-electron chi connectivity index (χ4n) is 2.53. The normalized spacial score (nSPS) is 10.3. The average Bonchev–Trinajstić information content (AvgIpc) is 2.65. The molecule has 0 aromatic heterocycles. The van der Waals surface area contributed by atoms with E-state index >= 15 is 0 Å². The van der Waals surface area contributed by atoms with E-state index in [9.17, 15) is 18.4 Å². The first-order valence-corrected chi connectivity index (χ1v) is 8.11. The highest BCUT2D eigenvalue weighted by Gasteiger charge is 2.20. The molecule has 0 aliphatic rings. The molecule has 0 spiro atoms.